The van der Waals surface area contributed by atoms with Crippen molar-refractivity contribution < 1.29 is 18.3 Å². The first-order valence-electron chi connectivity index (χ1n) is 4.06. The minimum absolute atomic E-state index is 0.171. The van der Waals surface area contributed by atoms with Gasteiger partial charge in [0.15, 0.2) is 11.5 Å². The van der Waals surface area contributed by atoms with Crippen molar-refractivity contribution in [2.45, 2.75) is 5.92 Å². The van der Waals surface area contributed by atoms with Gasteiger partial charge in [0.1, 0.15) is 6.07 Å². The topological polar surface area (TPSA) is 42.2 Å². The van der Waals surface area contributed by atoms with Crippen LogP contribution in [0.3, 0.4) is 0 Å². The van der Waals surface area contributed by atoms with Crippen LogP contribution >= 0.6 is 0 Å². The second kappa shape index (κ2) is 4.13. The third-order valence-corrected chi connectivity index (χ3v) is 1.89. The van der Waals surface area contributed by atoms with E-state index < -0.39 is 11.5 Å². The van der Waals surface area contributed by atoms with Gasteiger partial charge in [-0.25, -0.2) is 0 Å². The Morgan fingerprint density at radius 2 is 1.80 bits per heavy atom. The van der Waals surface area contributed by atoms with Crippen molar-refractivity contribution in [2.75, 3.05) is 14.2 Å². The zero-order valence-corrected chi connectivity index (χ0v) is 8.25. The van der Waals surface area contributed by atoms with E-state index in [0.29, 0.717) is 5.75 Å². The minimum Gasteiger partial charge on any atom is -0.493 e. The molecule has 0 atom stereocenters. The average Bonchev–Trinajstić information content (AvgIpc) is 2.28. The number of benzene rings is 1. The quantitative estimate of drug-likeness (QED) is 0.773. The Kier molecular flexibility index (Phi) is 3.10. The third-order valence-electron chi connectivity index (χ3n) is 1.89. The van der Waals surface area contributed by atoms with E-state index in [1.807, 2.05) is 0 Å². The van der Waals surface area contributed by atoms with Crippen LogP contribution in [-0.4, -0.2) is 14.2 Å². The summed E-state index contributed by atoms with van der Waals surface area (Å²) in [5.74, 6) is -3.00. The third kappa shape index (κ3) is 2.15. The van der Waals surface area contributed by atoms with Crippen LogP contribution in [0.2, 0.25) is 0 Å². The molecule has 0 unspecified atom stereocenters. The van der Waals surface area contributed by atoms with Gasteiger partial charge in [0.2, 0.25) is 0 Å². The molecule has 0 bridgehead atoms. The van der Waals surface area contributed by atoms with E-state index in [0.717, 1.165) is 18.2 Å². The van der Waals surface area contributed by atoms with Crippen molar-refractivity contribution in [2.24, 2.45) is 0 Å². The maximum absolute atomic E-state index is 13.0. The second-order valence-corrected chi connectivity index (χ2v) is 2.76. The highest BCUT2D eigenvalue weighted by molar-refractivity contribution is 5.45. The summed E-state index contributed by atoms with van der Waals surface area (Å²) in [6.07, 6.45) is 0. The highest BCUT2D eigenvalue weighted by Crippen LogP contribution is 2.34. The highest BCUT2D eigenvalue weighted by atomic mass is 19.3. The van der Waals surface area contributed by atoms with Gasteiger partial charge in [-0.2, -0.15) is 14.0 Å². The van der Waals surface area contributed by atoms with Gasteiger partial charge in [-0.1, -0.05) is 0 Å². The first-order chi connectivity index (χ1) is 7.05. The molecule has 0 radical (unpaired) electrons. The summed E-state index contributed by atoms with van der Waals surface area (Å²) in [6.45, 7) is 0. The van der Waals surface area contributed by atoms with Crippen molar-refractivity contribution in [1.29, 1.82) is 5.26 Å². The molecule has 1 rings (SSSR count). The monoisotopic (exact) mass is 213 g/mol. The number of methoxy groups -OCH3 is 2. The Morgan fingerprint density at radius 1 is 1.20 bits per heavy atom. The van der Waals surface area contributed by atoms with Crippen molar-refractivity contribution in [3.05, 3.63) is 23.8 Å². The molecule has 80 valence electrons. The summed E-state index contributed by atoms with van der Waals surface area (Å²) in [5.41, 5.74) is -0.414. The maximum atomic E-state index is 13.0. The van der Waals surface area contributed by atoms with Crippen LogP contribution in [-0.2, 0) is 5.92 Å². The molecule has 0 N–H and O–H groups in total. The predicted octanol–water partition coefficient (Wildman–Crippen LogP) is 2.32. The molecule has 0 amide bonds. The lowest BCUT2D eigenvalue weighted by molar-refractivity contribution is 0.0609. The van der Waals surface area contributed by atoms with E-state index in [1.165, 1.54) is 20.3 Å². The molecule has 0 saturated carbocycles. The average molecular weight is 213 g/mol. The molecule has 15 heavy (non-hydrogen) atoms. The Morgan fingerprint density at radius 3 is 2.27 bits per heavy atom. The number of hydrogen-bond donors (Lipinski definition) is 0. The van der Waals surface area contributed by atoms with E-state index >= 15 is 0 Å². The van der Waals surface area contributed by atoms with Crippen LogP contribution in [0.5, 0.6) is 11.5 Å². The largest absolute Gasteiger partial charge is 0.493 e. The van der Waals surface area contributed by atoms with E-state index in [1.54, 1.807) is 0 Å². The number of alkyl halides is 2. The highest BCUT2D eigenvalue weighted by Gasteiger charge is 2.31. The molecule has 1 aromatic rings. The SMILES string of the molecule is COc1ccc(C(F)(F)C#N)cc1OC. The van der Waals surface area contributed by atoms with Crippen molar-refractivity contribution >= 4 is 0 Å². The fraction of sp³-hybridized carbons (Fsp3) is 0.300. The molecule has 0 aliphatic rings. The van der Waals surface area contributed by atoms with Crippen molar-refractivity contribution in [1.82, 2.24) is 0 Å². The summed E-state index contributed by atoms with van der Waals surface area (Å²) < 4.78 is 35.7. The van der Waals surface area contributed by atoms with E-state index in [2.05, 4.69) is 0 Å². The Labute approximate surface area is 85.8 Å². The number of halogens is 2. The lowest BCUT2D eigenvalue weighted by Gasteiger charge is -2.12. The number of nitriles is 1. The first-order valence-corrected chi connectivity index (χ1v) is 4.06. The number of hydrogen-bond acceptors (Lipinski definition) is 3. The Balaban J connectivity index is 3.21. The Hall–Kier alpha value is -1.83. The minimum atomic E-state index is -3.51. The summed E-state index contributed by atoms with van der Waals surface area (Å²) in [5, 5.41) is 8.27. The molecule has 0 saturated heterocycles. The van der Waals surface area contributed by atoms with Gasteiger partial charge in [-0.05, 0) is 18.2 Å². The molecule has 5 heteroatoms. The van der Waals surface area contributed by atoms with Crippen LogP contribution < -0.4 is 9.47 Å². The molecular weight excluding hydrogens is 204 g/mol. The van der Waals surface area contributed by atoms with Gasteiger partial charge >= 0.3 is 5.92 Å². The molecule has 0 aromatic heterocycles. The van der Waals surface area contributed by atoms with Crippen LogP contribution in [0, 0.1) is 11.3 Å². The van der Waals surface area contributed by atoms with Gasteiger partial charge in [-0.15, -0.1) is 0 Å². The van der Waals surface area contributed by atoms with Crippen molar-refractivity contribution in [3.63, 3.8) is 0 Å². The number of rotatable bonds is 3. The molecule has 0 aliphatic heterocycles. The van der Waals surface area contributed by atoms with Gasteiger partial charge in [0.05, 0.1) is 14.2 Å². The van der Waals surface area contributed by atoms with Crippen LogP contribution in [0.1, 0.15) is 5.56 Å². The first kappa shape index (κ1) is 11.2. The molecule has 0 spiro atoms. The van der Waals surface area contributed by atoms with Gasteiger partial charge in [0.25, 0.3) is 0 Å². The molecular formula is C10H9F2NO2. The fourth-order valence-corrected chi connectivity index (χ4v) is 1.10. The lowest BCUT2D eigenvalue weighted by atomic mass is 10.1. The normalized spacial score (nSPS) is 10.6. The summed E-state index contributed by atoms with van der Waals surface area (Å²) in [6, 6.07) is 4.46. The van der Waals surface area contributed by atoms with E-state index in [4.69, 9.17) is 14.7 Å². The molecule has 0 heterocycles. The van der Waals surface area contributed by atoms with Gasteiger partial charge in [-0.3, -0.25) is 0 Å². The number of ether oxygens (including phenoxy) is 2. The summed E-state index contributed by atoms with van der Waals surface area (Å²) in [4.78, 5) is 0. The van der Waals surface area contributed by atoms with Crippen LogP contribution in [0.25, 0.3) is 0 Å². The summed E-state index contributed by atoms with van der Waals surface area (Å²) in [7, 11) is 2.74. The van der Waals surface area contributed by atoms with Gasteiger partial charge in [0, 0.05) is 5.56 Å². The van der Waals surface area contributed by atoms with Gasteiger partial charge < -0.3 is 9.47 Å². The second-order valence-electron chi connectivity index (χ2n) is 2.76. The predicted molar refractivity (Wildman–Crippen MR) is 49.1 cm³/mol. The van der Waals surface area contributed by atoms with E-state index in [-0.39, 0.29) is 5.75 Å². The Bertz CT molecular complexity index is 399. The molecule has 0 fully saturated rings. The zero-order chi connectivity index (χ0) is 11.5. The van der Waals surface area contributed by atoms with Crippen LogP contribution in [0.4, 0.5) is 8.78 Å². The van der Waals surface area contributed by atoms with Crippen LogP contribution in [0.15, 0.2) is 18.2 Å². The standard InChI is InChI=1S/C10H9F2NO2/c1-14-8-4-3-7(5-9(8)15-2)10(11,12)6-13/h3-5H,1-2H3. The molecule has 1 aromatic carbocycles. The smallest absolute Gasteiger partial charge is 0.357 e. The maximum Gasteiger partial charge on any atom is 0.357 e. The molecule has 3 nitrogen and oxygen atoms in total. The lowest BCUT2D eigenvalue weighted by Crippen LogP contribution is -2.09. The van der Waals surface area contributed by atoms with Crippen molar-refractivity contribution in [3.8, 4) is 17.6 Å². The summed E-state index contributed by atoms with van der Waals surface area (Å²) >= 11 is 0. The number of nitrogens with zero attached hydrogens (tertiary/aromatic N) is 1. The zero-order valence-electron chi connectivity index (χ0n) is 8.25. The van der Waals surface area contributed by atoms with E-state index in [9.17, 15) is 8.78 Å². The fourth-order valence-electron chi connectivity index (χ4n) is 1.10. The molecule has 0 aliphatic carbocycles.